The van der Waals surface area contributed by atoms with E-state index in [0.717, 1.165) is 49.1 Å². The fourth-order valence-corrected chi connectivity index (χ4v) is 6.60. The number of hydrogen-bond donors (Lipinski definition) is 2. The summed E-state index contributed by atoms with van der Waals surface area (Å²) in [7, 11) is 1.41. The van der Waals surface area contributed by atoms with Crippen LogP contribution >= 0.6 is 0 Å². The number of benzene rings is 1. The number of rotatable bonds is 13. The van der Waals surface area contributed by atoms with Gasteiger partial charge in [0.15, 0.2) is 0 Å². The highest BCUT2D eigenvalue weighted by Crippen LogP contribution is 2.45. The maximum atomic E-state index is 13.2. The van der Waals surface area contributed by atoms with E-state index in [2.05, 4.69) is 16.7 Å². The molecule has 4 atom stereocenters. The van der Waals surface area contributed by atoms with Crippen molar-refractivity contribution in [3.05, 3.63) is 35.4 Å². The number of ether oxygens (including phenoxy) is 2. The van der Waals surface area contributed by atoms with Gasteiger partial charge in [0.05, 0.1) is 31.8 Å². The van der Waals surface area contributed by atoms with Gasteiger partial charge in [-0.25, -0.2) is 0 Å². The zero-order valence-corrected chi connectivity index (χ0v) is 22.3. The van der Waals surface area contributed by atoms with Crippen LogP contribution in [0.5, 0.6) is 0 Å². The Morgan fingerprint density at radius 1 is 0.946 bits per heavy atom. The molecule has 37 heavy (non-hydrogen) atoms. The molecule has 3 fully saturated rings. The van der Waals surface area contributed by atoms with Crippen LogP contribution in [0.1, 0.15) is 81.8 Å². The van der Waals surface area contributed by atoms with Gasteiger partial charge in [-0.1, -0.05) is 69.2 Å². The molecule has 2 bridgehead atoms. The molecule has 2 N–H and O–H groups in total. The van der Waals surface area contributed by atoms with Crippen LogP contribution in [0.25, 0.3) is 0 Å². The lowest BCUT2D eigenvalue weighted by atomic mass is 9.75. The fraction of sp³-hybridized carbons (Fsp3) is 0.700. The summed E-state index contributed by atoms with van der Waals surface area (Å²) in [5, 5.41) is 5.85. The first-order valence-electron chi connectivity index (χ1n) is 14.4. The molecule has 2 saturated heterocycles. The molecule has 1 saturated carbocycles. The van der Waals surface area contributed by atoms with Crippen molar-refractivity contribution in [3.63, 3.8) is 0 Å². The number of nitrogens with one attached hydrogen (secondary N) is 2. The zero-order chi connectivity index (χ0) is 26.0. The molecule has 3 aliphatic rings. The summed E-state index contributed by atoms with van der Waals surface area (Å²) in [5.74, 6) is 0.256. The first-order valence-corrected chi connectivity index (χ1v) is 14.4. The van der Waals surface area contributed by atoms with Crippen LogP contribution in [0.2, 0.25) is 0 Å². The summed E-state index contributed by atoms with van der Waals surface area (Å²) in [6.45, 7) is 0.682. The van der Waals surface area contributed by atoms with E-state index in [4.69, 9.17) is 9.47 Å². The van der Waals surface area contributed by atoms with E-state index in [1.807, 2.05) is 18.2 Å². The Kier molecular flexibility index (Phi) is 10.4. The van der Waals surface area contributed by atoms with Gasteiger partial charge < -0.3 is 20.1 Å². The van der Waals surface area contributed by atoms with E-state index in [-0.39, 0.29) is 48.4 Å². The monoisotopic (exact) mass is 512 g/mol. The van der Waals surface area contributed by atoms with Gasteiger partial charge in [-0.15, -0.1) is 0 Å². The second-order valence-corrected chi connectivity index (χ2v) is 11.1. The molecule has 0 aromatic heterocycles. The van der Waals surface area contributed by atoms with E-state index in [0.29, 0.717) is 19.4 Å². The summed E-state index contributed by atoms with van der Waals surface area (Å²) in [4.78, 5) is 37.2. The number of carbonyl (C=O) groups excluding carboxylic acids is 3. The lowest BCUT2D eigenvalue weighted by molar-refractivity contribution is -0.140. The maximum absolute atomic E-state index is 13.2. The average molecular weight is 513 g/mol. The topological polar surface area (TPSA) is 93.7 Å². The normalized spacial score (nSPS) is 25.1. The summed E-state index contributed by atoms with van der Waals surface area (Å²) in [5.41, 5.74) is 2.26. The first-order chi connectivity index (χ1) is 18.0. The zero-order valence-electron chi connectivity index (χ0n) is 22.3. The molecule has 1 aromatic rings. The molecule has 0 radical (unpaired) electrons. The molecule has 7 nitrogen and oxygen atoms in total. The molecule has 2 aliphatic heterocycles. The minimum absolute atomic E-state index is 0.0117. The molecule has 1 aromatic carbocycles. The smallest absolute Gasteiger partial charge is 0.305 e. The fourth-order valence-electron chi connectivity index (χ4n) is 6.60. The third-order valence-electron chi connectivity index (χ3n) is 8.64. The van der Waals surface area contributed by atoms with Crippen molar-refractivity contribution in [2.75, 3.05) is 20.2 Å². The van der Waals surface area contributed by atoms with Crippen molar-refractivity contribution < 1.29 is 23.9 Å². The number of fused-ring (bicyclic) bond motifs is 2. The standard InChI is InChI=1S/C30H44N2O5/c1-36-28(34)17-14-22-12-5-6-13-23(22)19-24-25-15-16-26(37-25)29(24)30(35)32-20-27(33)31-18-8-7-11-21-9-3-2-4-10-21/h5-6,12-13,21,24-26,29H,2-4,7-11,14-20H2,1H3,(H,31,33)(H,32,35). The van der Waals surface area contributed by atoms with E-state index in [1.54, 1.807) is 0 Å². The number of esters is 1. The predicted molar refractivity (Wildman–Crippen MR) is 142 cm³/mol. The quantitative estimate of drug-likeness (QED) is 0.306. The van der Waals surface area contributed by atoms with Gasteiger partial charge >= 0.3 is 5.97 Å². The van der Waals surface area contributed by atoms with E-state index >= 15 is 0 Å². The van der Waals surface area contributed by atoms with E-state index in [9.17, 15) is 14.4 Å². The Morgan fingerprint density at radius 3 is 2.49 bits per heavy atom. The summed E-state index contributed by atoms with van der Waals surface area (Å²) in [6.07, 6.45) is 13.8. The van der Waals surface area contributed by atoms with Crippen LogP contribution in [-0.2, 0) is 36.7 Å². The molecular formula is C30H44N2O5. The second kappa shape index (κ2) is 13.9. The second-order valence-electron chi connectivity index (χ2n) is 11.1. The van der Waals surface area contributed by atoms with Crippen molar-refractivity contribution in [2.45, 2.75) is 95.7 Å². The third-order valence-corrected chi connectivity index (χ3v) is 8.64. The van der Waals surface area contributed by atoms with Crippen LogP contribution in [-0.4, -0.2) is 50.2 Å². The molecule has 2 amide bonds. The highest BCUT2D eigenvalue weighted by atomic mass is 16.5. The first kappa shape index (κ1) is 27.6. The van der Waals surface area contributed by atoms with E-state index in [1.165, 1.54) is 45.6 Å². The van der Waals surface area contributed by atoms with Gasteiger partial charge in [-0.3, -0.25) is 14.4 Å². The molecule has 4 rings (SSSR count). The minimum atomic E-state index is -0.254. The number of carbonyl (C=O) groups is 3. The molecule has 4 unspecified atom stereocenters. The maximum Gasteiger partial charge on any atom is 0.305 e. The number of methoxy groups -OCH3 is 1. The Balaban J connectivity index is 1.22. The average Bonchev–Trinajstić information content (AvgIpc) is 3.53. The Bertz CT molecular complexity index is 913. The minimum Gasteiger partial charge on any atom is -0.469 e. The molecule has 7 heteroatoms. The number of amides is 2. The largest absolute Gasteiger partial charge is 0.469 e. The highest BCUT2D eigenvalue weighted by molar-refractivity contribution is 5.86. The Hall–Kier alpha value is -2.41. The number of hydrogen-bond acceptors (Lipinski definition) is 5. The summed E-state index contributed by atoms with van der Waals surface area (Å²) in [6, 6.07) is 8.10. The lowest BCUT2D eigenvalue weighted by Crippen LogP contribution is -2.45. The van der Waals surface area contributed by atoms with Crippen LogP contribution in [0.4, 0.5) is 0 Å². The van der Waals surface area contributed by atoms with Crippen LogP contribution in [0, 0.1) is 17.8 Å². The van der Waals surface area contributed by atoms with Crippen LogP contribution in [0.3, 0.4) is 0 Å². The summed E-state index contributed by atoms with van der Waals surface area (Å²) < 4.78 is 11.0. The van der Waals surface area contributed by atoms with Crippen LogP contribution < -0.4 is 10.6 Å². The van der Waals surface area contributed by atoms with Crippen LogP contribution in [0.15, 0.2) is 24.3 Å². The van der Waals surface area contributed by atoms with Gasteiger partial charge in [0.2, 0.25) is 11.8 Å². The van der Waals surface area contributed by atoms with Crippen molar-refractivity contribution in [3.8, 4) is 0 Å². The molecule has 1 aliphatic carbocycles. The highest BCUT2D eigenvalue weighted by Gasteiger charge is 2.52. The van der Waals surface area contributed by atoms with Gasteiger partial charge in [-0.05, 0) is 49.1 Å². The number of aryl methyl sites for hydroxylation is 1. The SMILES string of the molecule is COC(=O)CCc1ccccc1CC1C2CCC(O2)C1C(=O)NCC(=O)NCCCCC1CCCCC1. The van der Waals surface area contributed by atoms with Gasteiger partial charge in [-0.2, -0.15) is 0 Å². The Labute approximate surface area is 221 Å². The van der Waals surface area contributed by atoms with Crippen molar-refractivity contribution in [2.24, 2.45) is 17.8 Å². The molecular weight excluding hydrogens is 468 g/mol. The molecule has 204 valence electrons. The number of unbranched alkanes of at least 4 members (excludes halogenated alkanes) is 1. The van der Waals surface area contributed by atoms with Gasteiger partial charge in [0, 0.05) is 18.9 Å². The van der Waals surface area contributed by atoms with Gasteiger partial charge in [0.1, 0.15) is 0 Å². The third kappa shape index (κ3) is 7.79. The van der Waals surface area contributed by atoms with Crippen molar-refractivity contribution in [1.82, 2.24) is 10.6 Å². The van der Waals surface area contributed by atoms with Gasteiger partial charge in [0.25, 0.3) is 0 Å². The van der Waals surface area contributed by atoms with Crippen molar-refractivity contribution >= 4 is 17.8 Å². The molecule has 2 heterocycles. The Morgan fingerprint density at radius 2 is 1.70 bits per heavy atom. The van der Waals surface area contributed by atoms with Crippen molar-refractivity contribution in [1.29, 1.82) is 0 Å². The predicted octanol–water partition coefficient (Wildman–Crippen LogP) is 4.11. The lowest BCUT2D eigenvalue weighted by Gasteiger charge is -2.28. The van der Waals surface area contributed by atoms with E-state index < -0.39 is 0 Å². The molecule has 0 spiro atoms. The summed E-state index contributed by atoms with van der Waals surface area (Å²) >= 11 is 0.